The molecule has 20 heavy (non-hydrogen) atoms. The highest BCUT2D eigenvalue weighted by molar-refractivity contribution is 5.93. The molecule has 6 heteroatoms. The Hall–Kier alpha value is -2.47. The predicted molar refractivity (Wildman–Crippen MR) is 75.5 cm³/mol. The minimum atomic E-state index is -0.394. The number of carbonyl (C=O) groups is 1. The van der Waals surface area contributed by atoms with E-state index in [0.717, 1.165) is 11.4 Å². The third kappa shape index (κ3) is 3.30. The SMILES string of the molecule is CN(C)c1cccc(OCc2cc(C(=O)NN)co2)c1. The Morgan fingerprint density at radius 3 is 2.90 bits per heavy atom. The molecule has 106 valence electrons. The lowest BCUT2D eigenvalue weighted by Crippen LogP contribution is -2.29. The van der Waals surface area contributed by atoms with Crippen molar-refractivity contribution in [2.24, 2.45) is 5.84 Å². The second-order valence-corrected chi connectivity index (χ2v) is 4.46. The van der Waals surface area contributed by atoms with Gasteiger partial charge < -0.3 is 14.1 Å². The zero-order chi connectivity index (χ0) is 14.5. The van der Waals surface area contributed by atoms with Crippen LogP contribution in [0.3, 0.4) is 0 Å². The first-order chi connectivity index (χ1) is 9.60. The predicted octanol–water partition coefficient (Wildman–Crippen LogP) is 1.53. The van der Waals surface area contributed by atoms with Gasteiger partial charge in [-0.25, -0.2) is 5.84 Å². The summed E-state index contributed by atoms with van der Waals surface area (Å²) in [6, 6.07) is 9.29. The summed E-state index contributed by atoms with van der Waals surface area (Å²) in [5.41, 5.74) is 3.46. The number of hydrazine groups is 1. The highest BCUT2D eigenvalue weighted by Gasteiger charge is 2.09. The lowest BCUT2D eigenvalue weighted by molar-refractivity contribution is 0.0953. The number of amides is 1. The molecule has 2 rings (SSSR count). The highest BCUT2D eigenvalue weighted by atomic mass is 16.5. The van der Waals surface area contributed by atoms with E-state index >= 15 is 0 Å². The van der Waals surface area contributed by atoms with Crippen molar-refractivity contribution in [3.05, 3.63) is 47.9 Å². The number of benzene rings is 1. The molecule has 0 bridgehead atoms. The number of nitrogens with one attached hydrogen (secondary N) is 1. The van der Waals surface area contributed by atoms with Crippen LogP contribution in [0.2, 0.25) is 0 Å². The van der Waals surface area contributed by atoms with Gasteiger partial charge in [-0.15, -0.1) is 0 Å². The Kier molecular flexibility index (Phi) is 4.27. The van der Waals surface area contributed by atoms with Crippen LogP contribution in [0.1, 0.15) is 16.1 Å². The quantitative estimate of drug-likeness (QED) is 0.491. The van der Waals surface area contributed by atoms with Gasteiger partial charge in [-0.05, 0) is 18.2 Å². The smallest absolute Gasteiger partial charge is 0.268 e. The van der Waals surface area contributed by atoms with Crippen LogP contribution in [0.4, 0.5) is 5.69 Å². The van der Waals surface area contributed by atoms with Crippen molar-refractivity contribution >= 4 is 11.6 Å². The maximum atomic E-state index is 11.3. The summed E-state index contributed by atoms with van der Waals surface area (Å²) < 4.78 is 10.9. The van der Waals surface area contributed by atoms with Gasteiger partial charge in [0.2, 0.25) is 0 Å². The third-order valence-electron chi connectivity index (χ3n) is 2.76. The summed E-state index contributed by atoms with van der Waals surface area (Å²) >= 11 is 0. The van der Waals surface area contributed by atoms with E-state index < -0.39 is 5.91 Å². The number of rotatable bonds is 5. The van der Waals surface area contributed by atoms with Gasteiger partial charge in [0.1, 0.15) is 24.4 Å². The first-order valence-corrected chi connectivity index (χ1v) is 6.08. The molecule has 0 aliphatic carbocycles. The lowest BCUT2D eigenvalue weighted by atomic mass is 10.3. The second-order valence-electron chi connectivity index (χ2n) is 4.46. The maximum Gasteiger partial charge on any atom is 0.268 e. The number of ether oxygens (including phenoxy) is 1. The Bertz CT molecular complexity index is 593. The van der Waals surface area contributed by atoms with Crippen molar-refractivity contribution in [3.63, 3.8) is 0 Å². The van der Waals surface area contributed by atoms with E-state index in [-0.39, 0.29) is 6.61 Å². The van der Waals surface area contributed by atoms with Crippen molar-refractivity contribution in [3.8, 4) is 5.75 Å². The van der Waals surface area contributed by atoms with E-state index in [4.69, 9.17) is 15.0 Å². The van der Waals surface area contributed by atoms with Gasteiger partial charge in [0.25, 0.3) is 5.91 Å². The fourth-order valence-corrected chi connectivity index (χ4v) is 1.66. The molecule has 0 aliphatic heterocycles. The molecule has 0 spiro atoms. The van der Waals surface area contributed by atoms with Crippen LogP contribution in [0.5, 0.6) is 5.75 Å². The number of hydrogen-bond donors (Lipinski definition) is 2. The molecule has 2 aromatic rings. The molecule has 0 saturated heterocycles. The molecule has 1 amide bonds. The molecule has 6 nitrogen and oxygen atoms in total. The van der Waals surface area contributed by atoms with Gasteiger partial charge in [-0.1, -0.05) is 6.07 Å². The van der Waals surface area contributed by atoms with Gasteiger partial charge in [-0.2, -0.15) is 0 Å². The lowest BCUT2D eigenvalue weighted by Gasteiger charge is -2.13. The van der Waals surface area contributed by atoms with Crippen molar-refractivity contribution in [1.29, 1.82) is 0 Å². The molecular weight excluding hydrogens is 258 g/mol. The fourth-order valence-electron chi connectivity index (χ4n) is 1.66. The fraction of sp³-hybridized carbons (Fsp3) is 0.214. The zero-order valence-electron chi connectivity index (χ0n) is 11.4. The number of furan rings is 1. The molecule has 1 aromatic heterocycles. The molecule has 3 N–H and O–H groups in total. The number of nitrogens with two attached hydrogens (primary N) is 1. The zero-order valence-corrected chi connectivity index (χ0v) is 11.4. The number of hydrogen-bond acceptors (Lipinski definition) is 5. The van der Waals surface area contributed by atoms with E-state index in [1.807, 2.05) is 48.7 Å². The van der Waals surface area contributed by atoms with Crippen molar-refractivity contribution in [2.45, 2.75) is 6.61 Å². The minimum Gasteiger partial charge on any atom is -0.486 e. The Morgan fingerprint density at radius 1 is 1.40 bits per heavy atom. The number of nitrogens with zero attached hydrogens (tertiary/aromatic N) is 1. The van der Waals surface area contributed by atoms with Crippen molar-refractivity contribution in [2.75, 3.05) is 19.0 Å². The third-order valence-corrected chi connectivity index (χ3v) is 2.76. The molecular formula is C14H17N3O3. The average Bonchev–Trinajstić information content (AvgIpc) is 2.93. The van der Waals surface area contributed by atoms with Gasteiger partial charge in [0.15, 0.2) is 0 Å². The Morgan fingerprint density at radius 2 is 2.20 bits per heavy atom. The summed E-state index contributed by atoms with van der Waals surface area (Å²) in [5, 5.41) is 0. The van der Waals surface area contributed by atoms with Gasteiger partial charge in [-0.3, -0.25) is 10.2 Å². The van der Waals surface area contributed by atoms with E-state index in [1.165, 1.54) is 6.26 Å². The Balaban J connectivity index is 2.00. The van der Waals surface area contributed by atoms with Crippen molar-refractivity contribution in [1.82, 2.24) is 5.43 Å². The van der Waals surface area contributed by atoms with E-state index in [1.54, 1.807) is 6.07 Å². The highest BCUT2D eigenvalue weighted by Crippen LogP contribution is 2.20. The second kappa shape index (κ2) is 6.12. The van der Waals surface area contributed by atoms with Crippen LogP contribution in [-0.4, -0.2) is 20.0 Å². The summed E-state index contributed by atoms with van der Waals surface area (Å²) in [6.45, 7) is 0.245. The molecule has 0 radical (unpaired) electrons. The molecule has 0 atom stereocenters. The first kappa shape index (κ1) is 14.0. The molecule has 0 unspecified atom stereocenters. The van der Waals surface area contributed by atoms with Crippen LogP contribution in [0.25, 0.3) is 0 Å². The number of nitrogen functional groups attached to an aromatic ring is 1. The molecule has 1 heterocycles. The van der Waals surface area contributed by atoms with Gasteiger partial charge in [0.05, 0.1) is 5.56 Å². The molecule has 0 aliphatic rings. The number of anilines is 1. The maximum absolute atomic E-state index is 11.3. The summed E-state index contributed by atoms with van der Waals surface area (Å²) in [4.78, 5) is 13.3. The summed E-state index contributed by atoms with van der Waals surface area (Å²) in [6.07, 6.45) is 1.34. The molecule has 0 fully saturated rings. The van der Waals surface area contributed by atoms with Gasteiger partial charge in [0, 0.05) is 25.8 Å². The number of carbonyl (C=O) groups excluding carboxylic acids is 1. The monoisotopic (exact) mass is 275 g/mol. The first-order valence-electron chi connectivity index (χ1n) is 6.08. The van der Waals surface area contributed by atoms with E-state index in [9.17, 15) is 4.79 Å². The largest absolute Gasteiger partial charge is 0.486 e. The summed E-state index contributed by atoms with van der Waals surface area (Å²) in [5.74, 6) is 5.94. The Labute approximate surface area is 117 Å². The topological polar surface area (TPSA) is 80.7 Å². The molecule has 1 aromatic carbocycles. The standard InChI is InChI=1S/C14H17N3O3/c1-17(2)11-4-3-5-12(7-11)20-9-13-6-10(8-19-13)14(18)16-15/h3-8H,9,15H2,1-2H3,(H,16,18). The average molecular weight is 275 g/mol. The summed E-state index contributed by atoms with van der Waals surface area (Å²) in [7, 11) is 3.92. The van der Waals surface area contributed by atoms with Crippen LogP contribution >= 0.6 is 0 Å². The molecule has 0 saturated carbocycles. The van der Waals surface area contributed by atoms with Crippen LogP contribution in [-0.2, 0) is 6.61 Å². The normalized spacial score (nSPS) is 10.2. The minimum absolute atomic E-state index is 0.245. The van der Waals surface area contributed by atoms with Crippen molar-refractivity contribution < 1.29 is 13.9 Å². The van der Waals surface area contributed by atoms with Crippen LogP contribution in [0, 0.1) is 0 Å². The van der Waals surface area contributed by atoms with Crippen LogP contribution < -0.4 is 20.9 Å². The van der Waals surface area contributed by atoms with Gasteiger partial charge >= 0.3 is 0 Å². The van der Waals surface area contributed by atoms with E-state index in [0.29, 0.717) is 11.3 Å². The van der Waals surface area contributed by atoms with E-state index in [2.05, 4.69) is 0 Å². The van der Waals surface area contributed by atoms with Crippen LogP contribution in [0.15, 0.2) is 41.0 Å².